The minimum atomic E-state index is -1.59. The second-order valence-corrected chi connectivity index (χ2v) is 4.33. The molecule has 0 aliphatic carbocycles. The molecule has 0 spiro atoms. The average molecular weight is 281 g/mol. The van der Waals surface area contributed by atoms with Crippen LogP contribution in [-0.4, -0.2) is 35.4 Å². The Balaban J connectivity index is 2.40. The smallest absolute Gasteiger partial charge is 0.407 e. The average Bonchev–Trinajstić information content (AvgIpc) is 2.44. The topological polar surface area (TPSA) is 125 Å². The van der Waals surface area contributed by atoms with Gasteiger partial charge in [0.05, 0.1) is 24.2 Å². The van der Waals surface area contributed by atoms with E-state index in [-0.39, 0.29) is 6.61 Å². The first kappa shape index (κ1) is 15.9. The molecule has 0 saturated heterocycles. The zero-order chi connectivity index (χ0) is 15.1. The third kappa shape index (κ3) is 4.87. The van der Waals surface area contributed by atoms with Gasteiger partial charge in [-0.05, 0) is 12.5 Å². The van der Waals surface area contributed by atoms with E-state index in [9.17, 15) is 19.8 Å². The molecule has 4 N–H and O–H groups in total. The van der Waals surface area contributed by atoms with Gasteiger partial charge in [-0.2, -0.15) is 0 Å². The van der Waals surface area contributed by atoms with Gasteiger partial charge in [-0.3, -0.25) is 0 Å². The third-order valence-corrected chi connectivity index (χ3v) is 2.71. The number of hydrogen-bond donors (Lipinski definition) is 3. The Morgan fingerprint density at radius 2 is 2.00 bits per heavy atom. The summed E-state index contributed by atoms with van der Waals surface area (Å²) in [6, 6.07) is 6.56. The van der Waals surface area contributed by atoms with Crippen molar-refractivity contribution in [2.45, 2.75) is 31.7 Å². The van der Waals surface area contributed by atoms with Crippen molar-refractivity contribution in [3.63, 3.8) is 0 Å². The molecule has 0 unspecified atom stereocenters. The first-order valence-electron chi connectivity index (χ1n) is 6.03. The first-order valence-corrected chi connectivity index (χ1v) is 6.03. The van der Waals surface area contributed by atoms with Crippen LogP contribution in [0.5, 0.6) is 0 Å². The summed E-state index contributed by atoms with van der Waals surface area (Å²) in [6.07, 6.45) is -2.24. The van der Waals surface area contributed by atoms with Crippen LogP contribution in [0.15, 0.2) is 30.3 Å². The van der Waals surface area contributed by atoms with Gasteiger partial charge in [-0.15, -0.1) is 0 Å². The standard InChI is InChI=1S/C13H18N2O5/c1-8(11(16)10(14)12(17)18)15-13(19)20-7-9-5-3-2-4-6-9/h2-6,8,10-11,16H,7,14H2,1H3,(H,15,19)(H,17,18)/p-1/t8-,10-,11-/m1/s1. The monoisotopic (exact) mass is 281 g/mol. The Morgan fingerprint density at radius 1 is 1.40 bits per heavy atom. The number of aliphatic hydroxyl groups is 1. The van der Waals surface area contributed by atoms with Gasteiger partial charge in [0.15, 0.2) is 0 Å². The Kier molecular flexibility index (Phi) is 5.95. The van der Waals surface area contributed by atoms with Gasteiger partial charge in [0.2, 0.25) is 0 Å². The predicted molar refractivity (Wildman–Crippen MR) is 68.2 cm³/mol. The van der Waals surface area contributed by atoms with Gasteiger partial charge < -0.3 is 30.8 Å². The number of ether oxygens (including phenoxy) is 1. The lowest BCUT2D eigenvalue weighted by Crippen LogP contribution is -2.56. The van der Waals surface area contributed by atoms with Crippen LogP contribution in [0.1, 0.15) is 12.5 Å². The van der Waals surface area contributed by atoms with Crippen molar-refractivity contribution in [1.82, 2.24) is 5.32 Å². The minimum Gasteiger partial charge on any atom is -0.548 e. The summed E-state index contributed by atoms with van der Waals surface area (Å²) in [6.45, 7) is 1.49. The summed E-state index contributed by atoms with van der Waals surface area (Å²) in [5.74, 6) is -1.59. The van der Waals surface area contributed by atoms with E-state index in [1.165, 1.54) is 6.92 Å². The molecule has 1 rings (SSSR count). The molecule has 7 nitrogen and oxygen atoms in total. The van der Waals surface area contributed by atoms with Crippen LogP contribution in [-0.2, 0) is 16.1 Å². The summed E-state index contributed by atoms with van der Waals surface area (Å²) in [5.41, 5.74) is 6.01. The number of rotatable bonds is 6. The molecule has 0 aliphatic heterocycles. The number of carboxylic acids is 1. The van der Waals surface area contributed by atoms with Gasteiger partial charge in [-0.25, -0.2) is 4.79 Å². The lowest BCUT2D eigenvalue weighted by Gasteiger charge is -2.25. The number of nitrogens with two attached hydrogens (primary N) is 1. The summed E-state index contributed by atoms with van der Waals surface area (Å²) in [4.78, 5) is 22.0. The zero-order valence-electron chi connectivity index (χ0n) is 11.0. The lowest BCUT2D eigenvalue weighted by atomic mass is 10.1. The molecule has 0 radical (unpaired) electrons. The Morgan fingerprint density at radius 3 is 2.55 bits per heavy atom. The number of aliphatic carboxylic acids is 1. The predicted octanol–water partition coefficient (Wildman–Crippen LogP) is -1.26. The van der Waals surface area contributed by atoms with Crippen LogP contribution < -0.4 is 16.2 Å². The third-order valence-electron chi connectivity index (χ3n) is 2.71. The lowest BCUT2D eigenvalue weighted by molar-refractivity contribution is -0.309. The van der Waals surface area contributed by atoms with Crippen LogP contribution in [0, 0.1) is 0 Å². The normalized spacial score (nSPS) is 14.9. The molecule has 0 fully saturated rings. The maximum Gasteiger partial charge on any atom is 0.407 e. The number of carbonyl (C=O) groups excluding carboxylic acids is 2. The fourth-order valence-corrected chi connectivity index (χ4v) is 1.49. The van der Waals surface area contributed by atoms with Crippen molar-refractivity contribution >= 4 is 12.1 Å². The Hall–Kier alpha value is -2.12. The van der Waals surface area contributed by atoms with Gasteiger partial charge >= 0.3 is 6.09 Å². The molecule has 3 atom stereocenters. The molecular weight excluding hydrogens is 264 g/mol. The number of nitrogens with one attached hydrogen (secondary N) is 1. The van der Waals surface area contributed by atoms with Crippen LogP contribution in [0.2, 0.25) is 0 Å². The zero-order valence-corrected chi connectivity index (χ0v) is 11.0. The van der Waals surface area contributed by atoms with Gasteiger partial charge in [0.1, 0.15) is 6.61 Å². The number of hydrogen-bond acceptors (Lipinski definition) is 6. The number of carboxylic acid groups (broad SMARTS) is 1. The number of aliphatic hydroxyl groups excluding tert-OH is 1. The summed E-state index contributed by atoms with van der Waals surface area (Å²) in [5, 5.41) is 22.4. The second-order valence-electron chi connectivity index (χ2n) is 4.33. The van der Waals surface area contributed by atoms with Gasteiger partial charge in [0.25, 0.3) is 0 Å². The van der Waals surface area contributed by atoms with E-state index in [2.05, 4.69) is 5.32 Å². The van der Waals surface area contributed by atoms with E-state index >= 15 is 0 Å². The minimum absolute atomic E-state index is 0.0715. The van der Waals surface area contributed by atoms with Crippen molar-refractivity contribution in [3.05, 3.63) is 35.9 Å². The number of amides is 1. The summed E-state index contributed by atoms with van der Waals surface area (Å²) < 4.78 is 4.92. The molecule has 0 saturated carbocycles. The highest BCUT2D eigenvalue weighted by atomic mass is 16.5. The second kappa shape index (κ2) is 7.46. The molecule has 1 aromatic rings. The SMILES string of the molecule is C[C@@H](NC(=O)OCc1ccccc1)[C@@H](O)[C@@H](N)C(=O)[O-]. The van der Waals surface area contributed by atoms with E-state index in [0.717, 1.165) is 5.56 Å². The fraction of sp³-hybridized carbons (Fsp3) is 0.385. The van der Waals surface area contributed by atoms with E-state index in [1.807, 2.05) is 18.2 Å². The quantitative estimate of drug-likeness (QED) is 0.597. The van der Waals surface area contributed by atoms with Crippen molar-refractivity contribution in [2.75, 3.05) is 0 Å². The number of carbonyl (C=O) groups is 2. The molecule has 1 aromatic carbocycles. The molecule has 7 heteroatoms. The molecule has 0 bridgehead atoms. The summed E-state index contributed by atoms with van der Waals surface area (Å²) >= 11 is 0. The van der Waals surface area contributed by atoms with Crippen molar-refractivity contribution in [3.8, 4) is 0 Å². The Bertz CT molecular complexity index is 451. The van der Waals surface area contributed by atoms with Gasteiger partial charge in [0, 0.05) is 0 Å². The molecule has 110 valence electrons. The first-order chi connectivity index (χ1) is 9.41. The molecule has 0 aromatic heterocycles. The van der Waals surface area contributed by atoms with Crippen LogP contribution in [0.25, 0.3) is 0 Å². The number of alkyl carbamates (subject to hydrolysis) is 1. The highest BCUT2D eigenvalue weighted by Gasteiger charge is 2.24. The molecule has 0 aliphatic rings. The van der Waals surface area contributed by atoms with Crippen LogP contribution in [0.3, 0.4) is 0 Å². The molecule has 0 heterocycles. The van der Waals surface area contributed by atoms with Crippen molar-refractivity contribution < 1.29 is 24.5 Å². The summed E-state index contributed by atoms with van der Waals surface area (Å²) in [7, 11) is 0. The number of benzene rings is 1. The fourth-order valence-electron chi connectivity index (χ4n) is 1.49. The van der Waals surface area contributed by atoms with E-state index in [4.69, 9.17) is 10.5 Å². The van der Waals surface area contributed by atoms with Crippen LogP contribution >= 0.6 is 0 Å². The van der Waals surface area contributed by atoms with Crippen LogP contribution in [0.4, 0.5) is 4.79 Å². The van der Waals surface area contributed by atoms with Crippen molar-refractivity contribution in [2.24, 2.45) is 5.73 Å². The van der Waals surface area contributed by atoms with E-state index < -0.39 is 30.3 Å². The maximum absolute atomic E-state index is 11.5. The largest absolute Gasteiger partial charge is 0.548 e. The molecule has 1 amide bonds. The molecular formula is C13H17N2O5-. The van der Waals surface area contributed by atoms with Crippen molar-refractivity contribution in [1.29, 1.82) is 0 Å². The molecule has 20 heavy (non-hydrogen) atoms. The highest BCUT2D eigenvalue weighted by molar-refractivity contribution is 5.72. The van der Waals surface area contributed by atoms with E-state index in [0.29, 0.717) is 0 Å². The Labute approximate surface area is 116 Å². The van der Waals surface area contributed by atoms with Gasteiger partial charge in [-0.1, -0.05) is 30.3 Å². The van der Waals surface area contributed by atoms with E-state index in [1.54, 1.807) is 12.1 Å². The maximum atomic E-state index is 11.5. The highest BCUT2D eigenvalue weighted by Crippen LogP contribution is 2.02.